The van der Waals surface area contributed by atoms with Crippen LogP contribution in [0.4, 0.5) is 4.39 Å². The van der Waals surface area contributed by atoms with Crippen molar-refractivity contribution in [3.63, 3.8) is 0 Å². The molecule has 44 heavy (non-hydrogen) atoms. The van der Waals surface area contributed by atoms with Crippen LogP contribution in [0, 0.1) is 35.9 Å². The number of hydrogen-bond acceptors (Lipinski definition) is 9. The highest BCUT2D eigenvalue weighted by Crippen LogP contribution is 2.34. The number of carbonyl (C=O) groups is 2. The predicted octanol–water partition coefficient (Wildman–Crippen LogP) is 5.24. The Labute approximate surface area is 266 Å². The van der Waals surface area contributed by atoms with Crippen molar-refractivity contribution in [1.29, 1.82) is 5.26 Å². The first kappa shape index (κ1) is 36.7. The van der Waals surface area contributed by atoms with Crippen LogP contribution < -0.4 is 16.0 Å². The van der Waals surface area contributed by atoms with E-state index in [2.05, 4.69) is 6.07 Å². The molecule has 0 unspecified atom stereocenters. The number of hydrogen-bond donors (Lipinski definition) is 0. The van der Waals surface area contributed by atoms with Crippen LogP contribution in [-0.4, -0.2) is 41.2 Å². The molecule has 0 aliphatic heterocycles. The number of Topliss-reactive ketones (excluding diaryl/α,β-unsaturated/α-hetero) is 1. The van der Waals surface area contributed by atoms with Crippen molar-refractivity contribution in [3.8, 4) is 11.8 Å². The Bertz CT molecular complexity index is 1680. The molecule has 10 nitrogen and oxygen atoms in total. The Morgan fingerprint density at radius 2 is 1.84 bits per heavy atom. The van der Waals surface area contributed by atoms with Crippen LogP contribution in [0.5, 0.6) is 5.75 Å². The molecule has 0 saturated carbocycles. The Hall–Kier alpha value is -3.47. The number of esters is 1. The molecule has 0 spiro atoms. The minimum atomic E-state index is -1.53. The molecule has 0 aliphatic carbocycles. The molecule has 0 aliphatic rings. The van der Waals surface area contributed by atoms with Crippen LogP contribution in [0.25, 0.3) is 10.2 Å². The molecule has 2 atom stereocenters. The summed E-state index contributed by atoms with van der Waals surface area (Å²) in [5.41, 5.74) is -2.44. The molecule has 0 N–H and O–H groups in total. The molecular formula is C31H40FN3O7S2. The highest BCUT2D eigenvalue weighted by atomic mass is 32.1. The topological polar surface area (TPSA) is 130 Å². The molecular weight excluding hydrogens is 609 g/mol. The summed E-state index contributed by atoms with van der Waals surface area (Å²) in [6.45, 7) is 11.5. The number of benzene rings is 1. The smallest absolute Gasteiger partial charge is 0.348 e. The van der Waals surface area contributed by atoms with E-state index in [-0.39, 0.29) is 77.8 Å². The highest BCUT2D eigenvalue weighted by molar-refractivity contribution is 7.59. The molecule has 1 aromatic carbocycles. The van der Waals surface area contributed by atoms with Gasteiger partial charge < -0.3 is 14.2 Å². The van der Waals surface area contributed by atoms with Gasteiger partial charge in [-0.1, -0.05) is 13.8 Å². The fourth-order valence-electron chi connectivity index (χ4n) is 4.80. The van der Waals surface area contributed by atoms with Gasteiger partial charge in [-0.15, -0.1) is 11.3 Å². The lowest BCUT2D eigenvalue weighted by Crippen LogP contribution is -2.53. The normalized spacial score (nSPS) is 12.8. The minimum Gasteiger partial charge on any atom is -0.496 e. The lowest BCUT2D eigenvalue weighted by Gasteiger charge is -2.28. The highest BCUT2D eigenvalue weighted by Gasteiger charge is 2.36. The number of aromatic nitrogens is 2. The molecule has 3 aromatic rings. The van der Waals surface area contributed by atoms with Crippen molar-refractivity contribution >= 4 is 46.8 Å². The van der Waals surface area contributed by atoms with Crippen LogP contribution in [0.15, 0.2) is 27.8 Å². The molecule has 0 amide bonds. The second kappa shape index (κ2) is 15.0. The van der Waals surface area contributed by atoms with Crippen molar-refractivity contribution in [2.24, 2.45) is 11.8 Å². The third kappa shape index (κ3) is 7.42. The summed E-state index contributed by atoms with van der Waals surface area (Å²) < 4.78 is 33.5. The number of nitrogens with zero attached hydrogens (tertiary/aromatic N) is 3. The Morgan fingerprint density at radius 3 is 2.41 bits per heavy atom. The van der Waals surface area contributed by atoms with Crippen molar-refractivity contribution in [2.75, 3.05) is 20.3 Å². The molecule has 0 fully saturated rings. The van der Waals surface area contributed by atoms with E-state index in [0.29, 0.717) is 5.56 Å². The first-order valence-electron chi connectivity index (χ1n) is 14.0. The Balaban J connectivity index is 0.00000675. The van der Waals surface area contributed by atoms with Crippen LogP contribution in [0.1, 0.15) is 74.9 Å². The SMILES string of the molecule is CCOC(=O)c1sc2c(c1C)c(=O)n(C(C)(C)C(=O)CC(C)C)c(=O)n2C[C@H](OC[C@@H](C)C#N)c1cc(F)ccc1OC.S. The molecule has 13 heteroatoms. The molecule has 0 saturated heterocycles. The fraction of sp³-hybridized carbons (Fsp3) is 0.516. The number of methoxy groups -OCH3 is 1. The van der Waals surface area contributed by atoms with Crippen molar-refractivity contribution in [3.05, 3.63) is 60.9 Å². The maximum absolute atomic E-state index is 14.5. The summed E-state index contributed by atoms with van der Waals surface area (Å²) in [4.78, 5) is 54.9. The number of aryl methyl sites for hydroxylation is 1. The van der Waals surface area contributed by atoms with Gasteiger partial charge in [0, 0.05) is 12.0 Å². The monoisotopic (exact) mass is 649 g/mol. The number of thiophene rings is 1. The van der Waals surface area contributed by atoms with E-state index in [9.17, 15) is 28.8 Å². The second-order valence-corrected chi connectivity index (χ2v) is 12.3. The molecule has 3 rings (SSSR count). The van der Waals surface area contributed by atoms with E-state index in [1.807, 2.05) is 13.8 Å². The number of ether oxygens (including phenoxy) is 3. The first-order valence-corrected chi connectivity index (χ1v) is 14.9. The summed E-state index contributed by atoms with van der Waals surface area (Å²) >= 11 is 0.921. The number of carbonyl (C=O) groups excluding carboxylic acids is 2. The zero-order chi connectivity index (χ0) is 32.2. The van der Waals surface area contributed by atoms with Gasteiger partial charge >= 0.3 is 11.7 Å². The van der Waals surface area contributed by atoms with Crippen molar-refractivity contribution < 1.29 is 28.2 Å². The van der Waals surface area contributed by atoms with Gasteiger partial charge in [-0.3, -0.25) is 14.2 Å². The second-order valence-electron chi connectivity index (χ2n) is 11.3. The number of fused-ring (bicyclic) bond motifs is 1. The van der Waals surface area contributed by atoms with Gasteiger partial charge in [-0.05, 0) is 64.3 Å². The zero-order valence-corrected chi connectivity index (χ0v) is 28.1. The Morgan fingerprint density at radius 1 is 1.18 bits per heavy atom. The van der Waals surface area contributed by atoms with Gasteiger partial charge in [0.25, 0.3) is 5.56 Å². The van der Waals surface area contributed by atoms with E-state index in [0.717, 1.165) is 15.9 Å². The van der Waals surface area contributed by atoms with Gasteiger partial charge in [-0.25, -0.2) is 18.5 Å². The van der Waals surface area contributed by atoms with Gasteiger partial charge in [0.1, 0.15) is 32.9 Å². The molecule has 0 radical (unpaired) electrons. The van der Waals surface area contributed by atoms with Crippen molar-refractivity contribution in [2.45, 2.75) is 73.1 Å². The average molecular weight is 650 g/mol. The van der Waals surface area contributed by atoms with E-state index < -0.39 is 40.6 Å². The summed E-state index contributed by atoms with van der Waals surface area (Å²) in [6.07, 6.45) is -0.887. The molecule has 0 bridgehead atoms. The first-order chi connectivity index (χ1) is 20.2. The van der Waals surface area contributed by atoms with E-state index in [1.165, 1.54) is 43.7 Å². The Kier molecular flexibility index (Phi) is 12.5. The summed E-state index contributed by atoms with van der Waals surface area (Å²) in [5, 5.41) is 9.45. The van der Waals surface area contributed by atoms with Gasteiger partial charge in [0.2, 0.25) is 0 Å². The third-order valence-corrected chi connectivity index (χ3v) is 8.46. The average Bonchev–Trinajstić information content (AvgIpc) is 3.29. The maximum Gasteiger partial charge on any atom is 0.348 e. The largest absolute Gasteiger partial charge is 0.496 e. The van der Waals surface area contributed by atoms with Gasteiger partial charge in [0.15, 0.2) is 5.78 Å². The minimum absolute atomic E-state index is 0. The van der Waals surface area contributed by atoms with E-state index >= 15 is 0 Å². The van der Waals surface area contributed by atoms with Gasteiger partial charge in [-0.2, -0.15) is 18.8 Å². The number of rotatable bonds is 13. The lowest BCUT2D eigenvalue weighted by molar-refractivity contribution is -0.127. The van der Waals surface area contributed by atoms with Crippen LogP contribution >= 0.6 is 24.8 Å². The molecule has 2 heterocycles. The summed E-state index contributed by atoms with van der Waals surface area (Å²) in [6, 6.07) is 5.95. The van der Waals surface area contributed by atoms with E-state index in [4.69, 9.17) is 14.2 Å². The fourth-order valence-corrected chi connectivity index (χ4v) is 5.99. The molecule has 2 aromatic heterocycles. The standard InChI is InChI=1S/C31H38FN3O7S.H2S/c1-9-41-29(38)26-19(5)25-27(37)35(31(6,7)24(36)12-17(2)3)30(39)34(28(25)43-26)15-23(42-16-18(4)14-33)21-13-20(32)10-11-22(21)40-8;/h10-11,13,17-18,23H,9,12,15-16H2,1-8H3;1H2/t18-,23-;/m0./s1. The summed E-state index contributed by atoms with van der Waals surface area (Å²) in [5.74, 6) is -1.79. The van der Waals surface area contributed by atoms with E-state index in [1.54, 1.807) is 20.8 Å². The van der Waals surface area contributed by atoms with Crippen LogP contribution in [0.2, 0.25) is 0 Å². The number of nitriles is 1. The van der Waals surface area contributed by atoms with Crippen LogP contribution in [-0.2, 0) is 26.4 Å². The van der Waals surface area contributed by atoms with Crippen molar-refractivity contribution in [1.82, 2.24) is 9.13 Å². The predicted molar refractivity (Wildman–Crippen MR) is 172 cm³/mol. The zero-order valence-electron chi connectivity index (χ0n) is 26.3. The quantitative estimate of drug-likeness (QED) is 0.230. The maximum atomic E-state index is 14.5. The molecule has 240 valence electrons. The summed E-state index contributed by atoms with van der Waals surface area (Å²) in [7, 11) is 1.41. The van der Waals surface area contributed by atoms with Gasteiger partial charge in [0.05, 0.1) is 44.2 Å². The number of ketones is 1. The lowest BCUT2D eigenvalue weighted by atomic mass is 9.91. The number of halogens is 1. The third-order valence-electron chi connectivity index (χ3n) is 7.16. The van der Waals surface area contributed by atoms with Crippen LogP contribution in [0.3, 0.4) is 0 Å².